The molecule has 6 heteroatoms. The first-order valence-electron chi connectivity index (χ1n) is 4.76. The maximum Gasteiger partial charge on any atom is 0.208 e. The van der Waals surface area contributed by atoms with E-state index >= 15 is 0 Å². The summed E-state index contributed by atoms with van der Waals surface area (Å²) in [6, 6.07) is 0. The number of carbonyl (C=O) groups is 1. The zero-order valence-electron chi connectivity index (χ0n) is 8.98. The number of oxazole rings is 1. The molecule has 5 nitrogen and oxygen atoms in total. The summed E-state index contributed by atoms with van der Waals surface area (Å²) in [5, 5.41) is 5.38. The van der Waals surface area contributed by atoms with Gasteiger partial charge in [0.1, 0.15) is 22.7 Å². The molecule has 0 aliphatic rings. The van der Waals surface area contributed by atoms with Gasteiger partial charge in [-0.05, 0) is 7.05 Å². The van der Waals surface area contributed by atoms with Crippen LogP contribution in [0.15, 0.2) is 16.1 Å². The van der Waals surface area contributed by atoms with E-state index in [0.29, 0.717) is 28.8 Å². The Bertz CT molecular complexity index is 504. The van der Waals surface area contributed by atoms with Crippen LogP contribution in [0.1, 0.15) is 23.3 Å². The normalized spacial score (nSPS) is 10.6. The van der Waals surface area contributed by atoms with Gasteiger partial charge in [-0.1, -0.05) is 0 Å². The zero-order valence-corrected chi connectivity index (χ0v) is 9.80. The number of aromatic nitrogens is 2. The minimum absolute atomic E-state index is 0.0403. The molecule has 1 N–H and O–H groups in total. The highest BCUT2D eigenvalue weighted by Gasteiger charge is 2.11. The van der Waals surface area contributed by atoms with Gasteiger partial charge < -0.3 is 9.73 Å². The van der Waals surface area contributed by atoms with Crippen molar-refractivity contribution >= 4 is 17.1 Å². The van der Waals surface area contributed by atoms with Crippen LogP contribution in [-0.4, -0.2) is 22.8 Å². The van der Waals surface area contributed by atoms with Gasteiger partial charge in [0.25, 0.3) is 0 Å². The van der Waals surface area contributed by atoms with Crippen LogP contribution < -0.4 is 5.32 Å². The summed E-state index contributed by atoms with van der Waals surface area (Å²) in [7, 11) is 1.82. The van der Waals surface area contributed by atoms with E-state index in [9.17, 15) is 4.79 Å². The van der Waals surface area contributed by atoms with Crippen LogP contribution in [0, 0.1) is 0 Å². The summed E-state index contributed by atoms with van der Waals surface area (Å²) in [5.74, 6) is 0.568. The fourth-order valence-electron chi connectivity index (χ4n) is 1.19. The third kappa shape index (κ3) is 2.17. The van der Waals surface area contributed by atoms with E-state index in [0.717, 1.165) is 0 Å². The van der Waals surface area contributed by atoms with Crippen molar-refractivity contribution in [3.8, 4) is 10.7 Å². The molecule has 0 saturated carbocycles. The molecule has 0 aromatic carbocycles. The van der Waals surface area contributed by atoms with E-state index in [1.54, 1.807) is 11.6 Å². The van der Waals surface area contributed by atoms with E-state index in [1.165, 1.54) is 18.3 Å². The second-order valence-electron chi connectivity index (χ2n) is 3.25. The van der Waals surface area contributed by atoms with Gasteiger partial charge in [0, 0.05) is 12.3 Å². The molecule has 0 radical (unpaired) electrons. The lowest BCUT2D eigenvalue weighted by molar-refractivity contribution is 0.101. The van der Waals surface area contributed by atoms with E-state index in [2.05, 4.69) is 15.3 Å². The average molecular weight is 237 g/mol. The van der Waals surface area contributed by atoms with Gasteiger partial charge in [-0.2, -0.15) is 0 Å². The lowest BCUT2D eigenvalue weighted by Gasteiger charge is -1.89. The van der Waals surface area contributed by atoms with Gasteiger partial charge in [0.15, 0.2) is 5.78 Å². The van der Waals surface area contributed by atoms with Gasteiger partial charge in [-0.3, -0.25) is 4.79 Å². The number of ketones is 1. The van der Waals surface area contributed by atoms with Gasteiger partial charge >= 0.3 is 0 Å². The highest BCUT2D eigenvalue weighted by molar-refractivity contribution is 7.13. The van der Waals surface area contributed by atoms with E-state index < -0.39 is 0 Å². The molecular weight excluding hydrogens is 226 g/mol. The number of nitrogens with one attached hydrogen (secondary N) is 1. The maximum atomic E-state index is 11.1. The van der Waals surface area contributed by atoms with Crippen molar-refractivity contribution in [2.75, 3.05) is 7.05 Å². The molecule has 0 amide bonds. The van der Waals surface area contributed by atoms with Crippen LogP contribution in [0.2, 0.25) is 0 Å². The Labute approximate surface area is 96.5 Å². The lowest BCUT2D eigenvalue weighted by atomic mass is 10.3. The fraction of sp³-hybridized carbons (Fsp3) is 0.300. The Kier molecular flexibility index (Phi) is 3.12. The molecular formula is C10H11N3O2S. The molecule has 0 spiro atoms. The minimum Gasteiger partial charge on any atom is -0.447 e. The van der Waals surface area contributed by atoms with Crippen molar-refractivity contribution in [2.24, 2.45) is 0 Å². The van der Waals surface area contributed by atoms with Crippen LogP contribution in [0.4, 0.5) is 0 Å². The Morgan fingerprint density at radius 2 is 2.38 bits per heavy atom. The predicted molar refractivity (Wildman–Crippen MR) is 60.4 cm³/mol. The SMILES string of the molecule is CNCc1nc(-c2nc(C(C)=O)cs2)co1. The molecule has 0 aliphatic heterocycles. The van der Waals surface area contributed by atoms with Crippen molar-refractivity contribution in [3.63, 3.8) is 0 Å². The summed E-state index contributed by atoms with van der Waals surface area (Å²) in [6.45, 7) is 2.07. The maximum absolute atomic E-state index is 11.1. The second-order valence-corrected chi connectivity index (χ2v) is 4.11. The number of nitrogens with zero attached hydrogens (tertiary/aromatic N) is 2. The molecule has 2 rings (SSSR count). The summed E-state index contributed by atoms with van der Waals surface area (Å²) in [6.07, 6.45) is 1.55. The third-order valence-corrected chi connectivity index (χ3v) is 2.83. The van der Waals surface area contributed by atoms with Gasteiger partial charge in [-0.25, -0.2) is 9.97 Å². The molecule has 2 aromatic heterocycles. The number of rotatable bonds is 4. The molecule has 0 atom stereocenters. The number of hydrogen-bond donors (Lipinski definition) is 1. The predicted octanol–water partition coefficient (Wildman–Crippen LogP) is 1.72. The molecule has 16 heavy (non-hydrogen) atoms. The van der Waals surface area contributed by atoms with Crippen LogP contribution in [0.25, 0.3) is 10.7 Å². The number of carbonyl (C=O) groups excluding carboxylic acids is 1. The zero-order chi connectivity index (χ0) is 11.5. The lowest BCUT2D eigenvalue weighted by Crippen LogP contribution is -2.04. The largest absolute Gasteiger partial charge is 0.447 e. The average Bonchev–Trinajstić information content (AvgIpc) is 2.84. The number of Topliss-reactive ketones (excluding diaryl/α,β-unsaturated/α-hetero) is 1. The molecule has 0 unspecified atom stereocenters. The minimum atomic E-state index is -0.0403. The monoisotopic (exact) mass is 237 g/mol. The Morgan fingerprint density at radius 3 is 3.00 bits per heavy atom. The van der Waals surface area contributed by atoms with Crippen molar-refractivity contribution in [2.45, 2.75) is 13.5 Å². The van der Waals surface area contributed by atoms with Crippen molar-refractivity contribution in [1.29, 1.82) is 0 Å². The standard InChI is InChI=1S/C10H11N3O2S/c1-6(14)8-5-16-10(13-8)7-4-15-9(12-7)3-11-2/h4-5,11H,3H2,1-2H3. The summed E-state index contributed by atoms with van der Waals surface area (Å²) in [4.78, 5) is 19.5. The van der Waals surface area contributed by atoms with Gasteiger partial charge in [-0.15, -0.1) is 11.3 Å². The molecule has 0 bridgehead atoms. The van der Waals surface area contributed by atoms with E-state index in [-0.39, 0.29) is 5.78 Å². The summed E-state index contributed by atoms with van der Waals surface area (Å²) < 4.78 is 5.24. The topological polar surface area (TPSA) is 68.0 Å². The Balaban J connectivity index is 2.24. The quantitative estimate of drug-likeness (QED) is 0.820. The molecule has 2 heterocycles. The van der Waals surface area contributed by atoms with Crippen LogP contribution in [-0.2, 0) is 6.54 Å². The smallest absolute Gasteiger partial charge is 0.208 e. The Morgan fingerprint density at radius 1 is 1.56 bits per heavy atom. The van der Waals surface area contributed by atoms with Crippen LogP contribution in [0.5, 0.6) is 0 Å². The molecule has 0 fully saturated rings. The van der Waals surface area contributed by atoms with E-state index in [1.807, 2.05) is 7.05 Å². The molecule has 84 valence electrons. The summed E-state index contributed by atoms with van der Waals surface area (Å²) >= 11 is 1.39. The summed E-state index contributed by atoms with van der Waals surface area (Å²) in [5.41, 5.74) is 1.14. The number of thiazole rings is 1. The van der Waals surface area contributed by atoms with Crippen molar-refractivity contribution in [3.05, 3.63) is 23.2 Å². The Hall–Kier alpha value is -1.53. The van der Waals surface area contributed by atoms with Crippen LogP contribution >= 0.6 is 11.3 Å². The van der Waals surface area contributed by atoms with Crippen LogP contribution in [0.3, 0.4) is 0 Å². The van der Waals surface area contributed by atoms with Crippen molar-refractivity contribution < 1.29 is 9.21 Å². The molecule has 0 saturated heterocycles. The molecule has 0 aliphatic carbocycles. The number of hydrogen-bond acceptors (Lipinski definition) is 6. The molecule has 2 aromatic rings. The fourth-order valence-corrected chi connectivity index (χ4v) is 2.00. The van der Waals surface area contributed by atoms with Crippen molar-refractivity contribution in [1.82, 2.24) is 15.3 Å². The van der Waals surface area contributed by atoms with E-state index in [4.69, 9.17) is 4.42 Å². The first-order valence-corrected chi connectivity index (χ1v) is 5.64. The highest BCUT2D eigenvalue weighted by atomic mass is 32.1. The first kappa shape index (κ1) is 11.0. The highest BCUT2D eigenvalue weighted by Crippen LogP contribution is 2.23. The van der Waals surface area contributed by atoms with Gasteiger partial charge in [0.05, 0.1) is 6.54 Å². The first-order chi connectivity index (χ1) is 7.70. The third-order valence-electron chi connectivity index (χ3n) is 1.96. The van der Waals surface area contributed by atoms with Gasteiger partial charge in [0.2, 0.25) is 5.89 Å². The second kappa shape index (κ2) is 4.54.